The van der Waals surface area contributed by atoms with Crippen molar-refractivity contribution in [1.82, 2.24) is 21.4 Å². The highest BCUT2D eigenvalue weighted by Crippen LogP contribution is 2.38. The average Bonchev–Trinajstić information content (AvgIpc) is 3.42. The van der Waals surface area contributed by atoms with Gasteiger partial charge in [0.2, 0.25) is 0 Å². The zero-order valence-electron chi connectivity index (χ0n) is 19.3. The smallest absolute Gasteiger partial charge is 0.166 e. The molecule has 0 saturated carbocycles. The van der Waals surface area contributed by atoms with Crippen molar-refractivity contribution in [3.05, 3.63) is 93.1 Å². The molecular formula is C25H20Cl3FN8. The van der Waals surface area contributed by atoms with Gasteiger partial charge in [-0.2, -0.15) is 10.8 Å². The SMILES string of the molecule is C=C(/C=C\C=NC)[C@H](Nc1cc(Cl)c2ncc(C#N)c(Nc3ccc(Cl)c(Cl)c3F)c2c1)C1=CNNN1. The molecule has 0 radical (unpaired) electrons. The minimum atomic E-state index is -0.749. The number of aromatic nitrogens is 1. The summed E-state index contributed by atoms with van der Waals surface area (Å²) >= 11 is 18.5. The first-order chi connectivity index (χ1) is 17.8. The molecule has 0 aliphatic carbocycles. The Hall–Kier alpha value is -3.81. The van der Waals surface area contributed by atoms with E-state index in [2.05, 4.69) is 49.6 Å². The number of halogens is 4. The number of allylic oxidation sites excluding steroid dienone is 1. The molecule has 0 spiro atoms. The van der Waals surface area contributed by atoms with Crippen LogP contribution in [-0.4, -0.2) is 24.3 Å². The largest absolute Gasteiger partial charge is 0.373 e. The maximum Gasteiger partial charge on any atom is 0.166 e. The first-order valence-corrected chi connectivity index (χ1v) is 11.9. The van der Waals surface area contributed by atoms with Crippen molar-refractivity contribution in [2.45, 2.75) is 6.04 Å². The van der Waals surface area contributed by atoms with E-state index in [4.69, 9.17) is 34.8 Å². The van der Waals surface area contributed by atoms with Gasteiger partial charge in [-0.1, -0.05) is 47.5 Å². The average molecular weight is 558 g/mol. The Morgan fingerprint density at radius 1 is 1.27 bits per heavy atom. The molecule has 0 fully saturated rings. The Morgan fingerprint density at radius 3 is 2.78 bits per heavy atom. The Kier molecular flexibility index (Phi) is 8.16. The molecule has 0 saturated heterocycles. The van der Waals surface area contributed by atoms with E-state index in [-0.39, 0.29) is 21.3 Å². The lowest BCUT2D eigenvalue weighted by Gasteiger charge is -2.22. The fourth-order valence-electron chi connectivity index (χ4n) is 3.62. The number of pyridine rings is 1. The zero-order chi connectivity index (χ0) is 26.5. The molecule has 1 aliphatic rings. The monoisotopic (exact) mass is 556 g/mol. The minimum Gasteiger partial charge on any atom is -0.373 e. The summed E-state index contributed by atoms with van der Waals surface area (Å²) in [5.74, 6) is -0.749. The van der Waals surface area contributed by atoms with Crippen LogP contribution in [0.5, 0.6) is 0 Å². The second kappa shape index (κ2) is 11.5. The molecule has 1 atom stereocenters. The van der Waals surface area contributed by atoms with E-state index in [9.17, 15) is 9.65 Å². The van der Waals surface area contributed by atoms with Gasteiger partial charge in [-0.15, -0.1) is 0 Å². The van der Waals surface area contributed by atoms with Crippen LogP contribution in [0, 0.1) is 17.1 Å². The van der Waals surface area contributed by atoms with Gasteiger partial charge in [0.05, 0.1) is 49.3 Å². The third kappa shape index (κ3) is 5.63. The third-order valence-electron chi connectivity index (χ3n) is 5.39. The molecule has 5 N–H and O–H groups in total. The molecule has 12 heteroatoms. The fourth-order valence-corrected chi connectivity index (χ4v) is 4.20. The number of aliphatic imine (C=N–C) groups is 1. The summed E-state index contributed by atoms with van der Waals surface area (Å²) in [4.78, 5) is 8.28. The van der Waals surface area contributed by atoms with E-state index in [0.717, 1.165) is 11.3 Å². The van der Waals surface area contributed by atoms with Crippen molar-refractivity contribution in [2.75, 3.05) is 17.7 Å². The number of benzene rings is 2. The van der Waals surface area contributed by atoms with Gasteiger partial charge in [-0.25, -0.2) is 4.39 Å². The highest BCUT2D eigenvalue weighted by atomic mass is 35.5. The lowest BCUT2D eigenvalue weighted by molar-refractivity contribution is 0.589. The zero-order valence-corrected chi connectivity index (χ0v) is 21.6. The number of fused-ring (bicyclic) bond motifs is 1. The van der Waals surface area contributed by atoms with Crippen LogP contribution in [0.4, 0.5) is 21.5 Å². The van der Waals surface area contributed by atoms with Crippen LogP contribution >= 0.6 is 34.8 Å². The lowest BCUT2D eigenvalue weighted by atomic mass is 10.0. The number of nitrogens with zero attached hydrogens (tertiary/aromatic N) is 3. The van der Waals surface area contributed by atoms with E-state index in [1.807, 2.05) is 6.08 Å². The molecule has 0 amide bonds. The van der Waals surface area contributed by atoms with Gasteiger partial charge in [0.1, 0.15) is 6.07 Å². The second-order valence-corrected chi connectivity index (χ2v) is 8.97. The number of hydrazine groups is 2. The number of hydrogen-bond acceptors (Lipinski definition) is 8. The summed E-state index contributed by atoms with van der Waals surface area (Å²) < 4.78 is 14.8. The molecule has 188 valence electrons. The van der Waals surface area contributed by atoms with Crippen LogP contribution in [0.1, 0.15) is 5.56 Å². The molecule has 0 unspecified atom stereocenters. The maximum absolute atomic E-state index is 14.8. The van der Waals surface area contributed by atoms with E-state index in [1.54, 1.807) is 37.7 Å². The van der Waals surface area contributed by atoms with Crippen LogP contribution in [0.3, 0.4) is 0 Å². The standard InChI is InChI=1S/C25H20Cl3FN8/c1-13(4-3-7-31-2)23(20-12-33-37-36-20)34-15-8-16-24(14(10-30)11-32-25(16)18(27)9-15)35-19-6-5-17(26)21(28)22(19)29/h3-9,11-12,23,33-34,36-37H,1H2,2H3,(H,32,35)/b4-3-,31-7?/t23-/m0/s1. The Morgan fingerprint density at radius 2 is 2.08 bits per heavy atom. The number of nitrogens with one attached hydrogen (secondary N) is 5. The molecule has 2 aromatic carbocycles. The summed E-state index contributed by atoms with van der Waals surface area (Å²) in [6.45, 7) is 4.17. The first kappa shape index (κ1) is 26.3. The van der Waals surface area contributed by atoms with Crippen LogP contribution in [0.25, 0.3) is 10.9 Å². The number of anilines is 3. The predicted molar refractivity (Wildman–Crippen MR) is 149 cm³/mol. The van der Waals surface area contributed by atoms with Gasteiger partial charge >= 0.3 is 0 Å². The van der Waals surface area contributed by atoms with E-state index in [1.165, 1.54) is 18.3 Å². The second-order valence-electron chi connectivity index (χ2n) is 7.77. The van der Waals surface area contributed by atoms with Crippen molar-refractivity contribution in [3.63, 3.8) is 0 Å². The van der Waals surface area contributed by atoms with Crippen molar-refractivity contribution in [2.24, 2.45) is 4.99 Å². The van der Waals surface area contributed by atoms with E-state index in [0.29, 0.717) is 27.3 Å². The lowest BCUT2D eigenvalue weighted by Crippen LogP contribution is -2.37. The van der Waals surface area contributed by atoms with Crippen molar-refractivity contribution >= 4 is 69.0 Å². The van der Waals surface area contributed by atoms with Crippen LogP contribution in [0.2, 0.25) is 15.1 Å². The molecule has 1 aromatic heterocycles. The minimum absolute atomic E-state index is 0.0410. The summed E-state index contributed by atoms with van der Waals surface area (Å²) in [5, 5.41) is 16.8. The van der Waals surface area contributed by atoms with Crippen molar-refractivity contribution in [3.8, 4) is 6.07 Å². The molecule has 0 bridgehead atoms. The van der Waals surface area contributed by atoms with Crippen LogP contribution in [-0.2, 0) is 0 Å². The Bertz CT molecular complexity index is 1510. The van der Waals surface area contributed by atoms with E-state index >= 15 is 0 Å². The normalized spacial score (nSPS) is 13.8. The van der Waals surface area contributed by atoms with Crippen molar-refractivity contribution < 1.29 is 4.39 Å². The van der Waals surface area contributed by atoms with Crippen LogP contribution < -0.4 is 27.0 Å². The quantitative estimate of drug-likeness (QED) is 0.131. The van der Waals surface area contributed by atoms with Gasteiger partial charge in [0.25, 0.3) is 0 Å². The van der Waals surface area contributed by atoms with Crippen molar-refractivity contribution in [1.29, 1.82) is 5.26 Å². The predicted octanol–water partition coefficient (Wildman–Crippen LogP) is 6.00. The van der Waals surface area contributed by atoms with Gasteiger partial charge in [0, 0.05) is 36.7 Å². The molecule has 3 aromatic rings. The number of nitriles is 1. The molecule has 8 nitrogen and oxygen atoms in total. The van der Waals surface area contributed by atoms with Gasteiger partial charge in [-0.3, -0.25) is 9.98 Å². The molecular weight excluding hydrogens is 538 g/mol. The third-order valence-corrected chi connectivity index (χ3v) is 6.45. The van der Waals surface area contributed by atoms with Gasteiger partial charge in [-0.05, 0) is 35.9 Å². The molecule has 37 heavy (non-hydrogen) atoms. The first-order valence-electron chi connectivity index (χ1n) is 10.8. The fraction of sp³-hybridized carbons (Fsp3) is 0.0800. The molecule has 2 heterocycles. The Labute approximate surface area is 227 Å². The van der Waals surface area contributed by atoms with Crippen LogP contribution in [0.15, 0.2) is 71.7 Å². The maximum atomic E-state index is 14.8. The highest BCUT2D eigenvalue weighted by molar-refractivity contribution is 6.42. The number of hydrogen-bond donors (Lipinski definition) is 5. The summed E-state index contributed by atoms with van der Waals surface area (Å²) in [6.07, 6.45) is 8.37. The summed E-state index contributed by atoms with van der Waals surface area (Å²) in [5.41, 5.74) is 11.7. The highest BCUT2D eigenvalue weighted by Gasteiger charge is 2.21. The topological polar surface area (TPSA) is 109 Å². The van der Waals surface area contributed by atoms with Gasteiger partial charge in [0.15, 0.2) is 5.82 Å². The van der Waals surface area contributed by atoms with Gasteiger partial charge < -0.3 is 21.5 Å². The number of rotatable bonds is 8. The van der Waals surface area contributed by atoms with E-state index < -0.39 is 11.9 Å². The molecule has 1 aliphatic heterocycles. The summed E-state index contributed by atoms with van der Waals surface area (Å²) in [7, 11) is 1.67. The Balaban J connectivity index is 1.80. The molecule has 4 rings (SSSR count). The summed E-state index contributed by atoms with van der Waals surface area (Å²) in [6, 6.07) is 8.06.